The van der Waals surface area contributed by atoms with E-state index in [1.165, 1.54) is 0 Å². The van der Waals surface area contributed by atoms with E-state index in [1.54, 1.807) is 54.6 Å². The molecule has 1 heterocycles. The molecule has 0 fully saturated rings. The van der Waals surface area contributed by atoms with Crippen LogP contribution in [0.15, 0.2) is 78.5 Å². The number of amides is 2. The third-order valence-electron chi connectivity index (χ3n) is 6.06. The zero-order valence-corrected chi connectivity index (χ0v) is 22.6. The summed E-state index contributed by atoms with van der Waals surface area (Å²) in [6.07, 6.45) is 2.29. The van der Waals surface area contributed by atoms with Crippen molar-refractivity contribution in [1.29, 1.82) is 0 Å². The second-order valence-electron chi connectivity index (χ2n) is 9.57. The van der Waals surface area contributed by atoms with Gasteiger partial charge in [0.1, 0.15) is 11.4 Å². The molecule has 3 aromatic carbocycles. The lowest BCUT2D eigenvalue weighted by Gasteiger charge is -2.12. The van der Waals surface area contributed by atoms with E-state index in [-0.39, 0.29) is 17.5 Å². The number of aryl methyl sites for hydroxylation is 1. The van der Waals surface area contributed by atoms with Gasteiger partial charge in [0.05, 0.1) is 6.61 Å². The highest BCUT2D eigenvalue weighted by molar-refractivity contribution is 6.30. The zero-order valence-electron chi connectivity index (χ0n) is 21.8. The second-order valence-corrected chi connectivity index (χ2v) is 10.0. The highest BCUT2D eigenvalue weighted by Gasteiger charge is 2.16. The molecule has 0 aliphatic rings. The molecule has 3 N–H and O–H groups in total. The number of H-pyrrole nitrogens is 1. The lowest BCUT2D eigenvalue weighted by molar-refractivity contribution is -0.117. The molecular formula is C31H32ClN3O3. The number of aromatic nitrogens is 1. The van der Waals surface area contributed by atoms with Crippen molar-refractivity contribution < 1.29 is 14.3 Å². The zero-order chi connectivity index (χ0) is 27.1. The quantitative estimate of drug-likeness (QED) is 0.211. The predicted octanol–water partition coefficient (Wildman–Crippen LogP) is 6.29. The van der Waals surface area contributed by atoms with E-state index in [2.05, 4.69) is 35.5 Å². The molecule has 0 unspecified atom stereocenters. The van der Waals surface area contributed by atoms with Gasteiger partial charge < -0.3 is 20.4 Å². The normalized spacial score (nSPS) is 11.6. The Morgan fingerprint density at radius 2 is 1.71 bits per heavy atom. The number of rotatable bonds is 10. The van der Waals surface area contributed by atoms with Crippen molar-refractivity contribution in [2.75, 3.05) is 13.2 Å². The first-order valence-corrected chi connectivity index (χ1v) is 13.0. The van der Waals surface area contributed by atoms with E-state index < -0.39 is 0 Å². The minimum absolute atomic E-state index is 0.146. The smallest absolute Gasteiger partial charge is 0.267 e. The summed E-state index contributed by atoms with van der Waals surface area (Å²) >= 11 is 6.02. The van der Waals surface area contributed by atoms with Crippen LogP contribution in [0.3, 0.4) is 0 Å². The molecule has 0 atom stereocenters. The van der Waals surface area contributed by atoms with Crippen molar-refractivity contribution in [1.82, 2.24) is 15.6 Å². The fourth-order valence-electron chi connectivity index (χ4n) is 4.10. The third kappa shape index (κ3) is 7.05. The van der Waals surface area contributed by atoms with Gasteiger partial charge in [0, 0.05) is 33.7 Å². The molecule has 1 aromatic heterocycles. The number of hydrogen-bond acceptors (Lipinski definition) is 3. The van der Waals surface area contributed by atoms with Crippen molar-refractivity contribution in [3.63, 3.8) is 0 Å². The molecule has 196 valence electrons. The molecule has 0 spiro atoms. The maximum atomic E-state index is 13.2. The third-order valence-corrected chi connectivity index (χ3v) is 6.31. The maximum absolute atomic E-state index is 13.2. The fraction of sp³-hybridized carbons (Fsp3) is 0.226. The van der Waals surface area contributed by atoms with Gasteiger partial charge in [-0.2, -0.15) is 0 Å². The van der Waals surface area contributed by atoms with E-state index in [0.29, 0.717) is 41.8 Å². The van der Waals surface area contributed by atoms with Gasteiger partial charge in [0.15, 0.2) is 0 Å². The van der Waals surface area contributed by atoms with Crippen LogP contribution in [0, 0.1) is 12.8 Å². The Morgan fingerprint density at radius 3 is 2.42 bits per heavy atom. The summed E-state index contributed by atoms with van der Waals surface area (Å²) in [5, 5.41) is 7.47. The Kier molecular flexibility index (Phi) is 8.87. The van der Waals surface area contributed by atoms with Crippen LogP contribution in [0.1, 0.15) is 41.0 Å². The number of ether oxygens (including phenoxy) is 1. The van der Waals surface area contributed by atoms with Crippen molar-refractivity contribution in [3.05, 3.63) is 106 Å². The second kappa shape index (κ2) is 12.5. The molecule has 6 nitrogen and oxygen atoms in total. The Labute approximate surface area is 228 Å². The van der Waals surface area contributed by atoms with Crippen LogP contribution in [0.4, 0.5) is 0 Å². The first kappa shape index (κ1) is 27.0. The van der Waals surface area contributed by atoms with E-state index in [9.17, 15) is 9.59 Å². The number of aromatic amines is 1. The van der Waals surface area contributed by atoms with Crippen molar-refractivity contribution in [2.24, 2.45) is 5.92 Å². The van der Waals surface area contributed by atoms with Gasteiger partial charge in [-0.25, -0.2) is 0 Å². The van der Waals surface area contributed by atoms with Crippen LogP contribution in [-0.2, 0) is 11.2 Å². The predicted molar refractivity (Wildman–Crippen MR) is 153 cm³/mol. The Bertz CT molecular complexity index is 1440. The minimum atomic E-state index is -0.386. The fourth-order valence-corrected chi connectivity index (χ4v) is 4.22. The molecule has 7 heteroatoms. The molecule has 0 aliphatic carbocycles. The SMILES string of the molecule is Cc1[nH]c2ccccc2c1CCNC(=O)/C(=C/c1ccc(Cl)cc1)NC(=O)c1ccc(OCC(C)C)cc1. The number of fused-ring (bicyclic) bond motifs is 1. The van der Waals surface area contributed by atoms with Crippen LogP contribution >= 0.6 is 11.6 Å². The van der Waals surface area contributed by atoms with Gasteiger partial charge in [-0.1, -0.05) is 55.8 Å². The summed E-state index contributed by atoms with van der Waals surface area (Å²) in [6, 6.07) is 22.0. The van der Waals surface area contributed by atoms with Gasteiger partial charge in [0.2, 0.25) is 0 Å². The molecule has 0 saturated carbocycles. The van der Waals surface area contributed by atoms with Crippen LogP contribution < -0.4 is 15.4 Å². The first-order valence-electron chi connectivity index (χ1n) is 12.7. The largest absolute Gasteiger partial charge is 0.493 e. The van der Waals surface area contributed by atoms with Crippen LogP contribution in [-0.4, -0.2) is 29.9 Å². The van der Waals surface area contributed by atoms with Crippen LogP contribution in [0.2, 0.25) is 5.02 Å². The molecule has 0 radical (unpaired) electrons. The highest BCUT2D eigenvalue weighted by Crippen LogP contribution is 2.22. The number of hydrogen-bond donors (Lipinski definition) is 3. The monoisotopic (exact) mass is 529 g/mol. The standard InChI is InChI=1S/C31H32ClN3O3/c1-20(2)19-38-25-14-10-23(11-15-25)30(36)35-29(18-22-8-12-24(32)13-9-22)31(37)33-17-16-26-21(3)34-28-7-5-4-6-27(26)28/h4-15,18,20,34H,16-17,19H2,1-3H3,(H,33,37)(H,35,36)/b29-18-. The molecule has 0 aliphatic heterocycles. The Hall–Kier alpha value is -4.03. The number of nitrogens with one attached hydrogen (secondary N) is 3. The van der Waals surface area contributed by atoms with Gasteiger partial charge >= 0.3 is 0 Å². The number of halogens is 1. The average Bonchev–Trinajstić information content (AvgIpc) is 3.23. The number of para-hydroxylation sites is 1. The first-order chi connectivity index (χ1) is 18.3. The Balaban J connectivity index is 1.47. The molecule has 0 saturated heterocycles. The summed E-state index contributed by atoms with van der Waals surface area (Å²) in [6.45, 7) is 7.18. The van der Waals surface area contributed by atoms with Gasteiger partial charge in [0.25, 0.3) is 11.8 Å². The van der Waals surface area contributed by atoms with E-state index in [4.69, 9.17) is 16.3 Å². The molecule has 2 amide bonds. The molecule has 4 rings (SSSR count). The van der Waals surface area contributed by atoms with Crippen molar-refractivity contribution >= 4 is 40.4 Å². The summed E-state index contributed by atoms with van der Waals surface area (Å²) < 4.78 is 5.70. The lowest BCUT2D eigenvalue weighted by atomic mass is 10.1. The van der Waals surface area contributed by atoms with Crippen molar-refractivity contribution in [2.45, 2.75) is 27.2 Å². The van der Waals surface area contributed by atoms with E-state index >= 15 is 0 Å². The van der Waals surface area contributed by atoms with Gasteiger partial charge in [-0.15, -0.1) is 0 Å². The Morgan fingerprint density at radius 1 is 1.00 bits per heavy atom. The maximum Gasteiger partial charge on any atom is 0.267 e. The average molecular weight is 530 g/mol. The van der Waals surface area contributed by atoms with Gasteiger partial charge in [-0.05, 0) is 78.9 Å². The minimum Gasteiger partial charge on any atom is -0.493 e. The van der Waals surface area contributed by atoms with Crippen LogP contribution in [0.5, 0.6) is 5.75 Å². The lowest BCUT2D eigenvalue weighted by Crippen LogP contribution is -2.35. The highest BCUT2D eigenvalue weighted by atomic mass is 35.5. The number of benzene rings is 3. The molecule has 4 aromatic rings. The molecular weight excluding hydrogens is 498 g/mol. The summed E-state index contributed by atoms with van der Waals surface area (Å²) in [5.41, 5.74) is 4.62. The van der Waals surface area contributed by atoms with Gasteiger partial charge in [-0.3, -0.25) is 9.59 Å². The summed E-state index contributed by atoms with van der Waals surface area (Å²) in [7, 11) is 0. The van der Waals surface area contributed by atoms with Crippen molar-refractivity contribution in [3.8, 4) is 5.75 Å². The molecule has 0 bridgehead atoms. The summed E-state index contributed by atoms with van der Waals surface area (Å²) in [4.78, 5) is 29.6. The van der Waals surface area contributed by atoms with Crippen LogP contribution in [0.25, 0.3) is 17.0 Å². The summed E-state index contributed by atoms with van der Waals surface area (Å²) in [5.74, 6) is 0.334. The number of carbonyl (C=O) groups excluding carboxylic acids is 2. The van der Waals surface area contributed by atoms with E-state index in [1.807, 2.05) is 25.1 Å². The van der Waals surface area contributed by atoms with E-state index in [0.717, 1.165) is 27.7 Å². The topological polar surface area (TPSA) is 83.2 Å². The molecule has 38 heavy (non-hydrogen) atoms. The number of carbonyl (C=O) groups is 2.